The van der Waals surface area contributed by atoms with Crippen molar-refractivity contribution in [3.63, 3.8) is 0 Å². The van der Waals surface area contributed by atoms with E-state index in [2.05, 4.69) is 0 Å². The Bertz CT molecular complexity index is 611. The van der Waals surface area contributed by atoms with Gasteiger partial charge in [-0.25, -0.2) is 8.42 Å². The smallest absolute Gasteiger partial charge is 0.300 e. The lowest BCUT2D eigenvalue weighted by molar-refractivity contribution is -0.384. The fraction of sp³-hybridized carbons (Fsp3) is 0.600. The summed E-state index contributed by atoms with van der Waals surface area (Å²) in [4.78, 5) is 10.0. The number of nitrogens with zero attached hydrogens (tertiary/aromatic N) is 2. The number of aliphatic hydroxyl groups is 1. The van der Waals surface area contributed by atoms with Crippen LogP contribution in [0, 0.1) is 10.1 Å². The van der Waals surface area contributed by atoms with Crippen molar-refractivity contribution >= 4 is 38.6 Å². The number of hydrogen-bond donors (Lipinski definition) is 1. The Morgan fingerprint density at radius 1 is 1.55 bits per heavy atom. The zero-order valence-electron chi connectivity index (χ0n) is 10.4. The highest BCUT2D eigenvalue weighted by Crippen LogP contribution is 2.39. The van der Waals surface area contributed by atoms with Crippen molar-refractivity contribution < 1.29 is 18.4 Å². The lowest BCUT2D eigenvalue weighted by Gasteiger charge is -2.35. The maximum absolute atomic E-state index is 12.5. The second kappa shape index (κ2) is 5.94. The van der Waals surface area contributed by atoms with Crippen molar-refractivity contribution in [2.45, 2.75) is 29.5 Å². The topological polar surface area (TPSA) is 101 Å². The third-order valence-electron chi connectivity index (χ3n) is 3.21. The predicted octanol–water partition coefficient (Wildman–Crippen LogP) is 1.85. The molecule has 2 rings (SSSR count). The molecule has 1 aliphatic rings. The van der Waals surface area contributed by atoms with E-state index < -0.39 is 20.6 Å². The van der Waals surface area contributed by atoms with Crippen molar-refractivity contribution in [2.75, 3.05) is 13.2 Å². The van der Waals surface area contributed by atoms with Gasteiger partial charge in [0.25, 0.3) is 15.7 Å². The first kappa shape index (κ1) is 15.6. The molecular formula is C10H13ClN2O5S2. The van der Waals surface area contributed by atoms with E-state index in [-0.39, 0.29) is 27.7 Å². The van der Waals surface area contributed by atoms with E-state index in [1.807, 2.05) is 0 Å². The molecule has 0 amide bonds. The minimum absolute atomic E-state index is 0.0175. The Balaban J connectivity index is 2.36. The number of sulfonamides is 1. The molecule has 0 aliphatic heterocycles. The van der Waals surface area contributed by atoms with Crippen LogP contribution in [0.1, 0.15) is 19.3 Å². The molecule has 1 aliphatic carbocycles. The fourth-order valence-electron chi connectivity index (χ4n) is 1.98. The zero-order valence-corrected chi connectivity index (χ0v) is 12.7. The van der Waals surface area contributed by atoms with E-state index in [1.54, 1.807) is 0 Å². The lowest BCUT2D eigenvalue weighted by Crippen LogP contribution is -2.45. The lowest BCUT2D eigenvalue weighted by atomic mass is 9.93. The summed E-state index contributed by atoms with van der Waals surface area (Å²) < 4.78 is 25.9. The Kier molecular flexibility index (Phi) is 4.65. The minimum Gasteiger partial charge on any atom is -0.395 e. The molecule has 1 saturated carbocycles. The Hall–Kier alpha value is -0.740. The first-order valence-electron chi connectivity index (χ1n) is 5.94. The van der Waals surface area contributed by atoms with Crippen molar-refractivity contribution in [1.29, 1.82) is 0 Å². The monoisotopic (exact) mass is 340 g/mol. The van der Waals surface area contributed by atoms with Gasteiger partial charge in [-0.2, -0.15) is 4.31 Å². The maximum atomic E-state index is 12.5. The molecule has 112 valence electrons. The highest BCUT2D eigenvalue weighted by molar-refractivity contribution is 7.91. The van der Waals surface area contributed by atoms with Gasteiger partial charge >= 0.3 is 0 Å². The first-order chi connectivity index (χ1) is 9.37. The third kappa shape index (κ3) is 2.82. The van der Waals surface area contributed by atoms with Crippen LogP contribution in [-0.4, -0.2) is 41.9 Å². The molecule has 10 heteroatoms. The maximum Gasteiger partial charge on any atom is 0.300 e. The number of hydrogen-bond acceptors (Lipinski definition) is 6. The molecule has 20 heavy (non-hydrogen) atoms. The number of nitro groups is 1. The van der Waals surface area contributed by atoms with Gasteiger partial charge < -0.3 is 5.11 Å². The number of aliphatic hydroxyl groups excluding tert-OH is 1. The molecule has 1 aromatic heterocycles. The summed E-state index contributed by atoms with van der Waals surface area (Å²) in [5.74, 6) is 0. The highest BCUT2D eigenvalue weighted by atomic mass is 35.5. The van der Waals surface area contributed by atoms with Gasteiger partial charge in [0.15, 0.2) is 4.34 Å². The molecule has 1 aromatic rings. The average Bonchev–Trinajstić information content (AvgIpc) is 2.69. The van der Waals surface area contributed by atoms with Crippen LogP contribution in [0.25, 0.3) is 0 Å². The SMILES string of the molecule is O=[N+]([O-])c1cc(S(=O)(=O)N(CCO)C2CCC2)sc1Cl. The van der Waals surface area contributed by atoms with Gasteiger partial charge in [-0.1, -0.05) is 18.0 Å². The average molecular weight is 341 g/mol. The van der Waals surface area contributed by atoms with Crippen LogP contribution in [0.15, 0.2) is 10.3 Å². The van der Waals surface area contributed by atoms with Crippen LogP contribution in [0.2, 0.25) is 4.34 Å². The van der Waals surface area contributed by atoms with E-state index in [1.165, 1.54) is 4.31 Å². The molecule has 0 radical (unpaired) electrons. The van der Waals surface area contributed by atoms with E-state index in [4.69, 9.17) is 16.7 Å². The van der Waals surface area contributed by atoms with Crippen LogP contribution >= 0.6 is 22.9 Å². The Morgan fingerprint density at radius 2 is 2.20 bits per heavy atom. The normalized spacial score (nSPS) is 16.4. The highest BCUT2D eigenvalue weighted by Gasteiger charge is 2.37. The molecule has 1 heterocycles. The summed E-state index contributed by atoms with van der Waals surface area (Å²) in [6.07, 6.45) is 2.41. The first-order valence-corrected chi connectivity index (χ1v) is 8.58. The van der Waals surface area contributed by atoms with Crippen LogP contribution in [0.5, 0.6) is 0 Å². The largest absolute Gasteiger partial charge is 0.395 e. The number of halogens is 1. The van der Waals surface area contributed by atoms with Crippen molar-refractivity contribution in [3.8, 4) is 0 Å². The molecule has 1 fully saturated rings. The van der Waals surface area contributed by atoms with Crippen molar-refractivity contribution in [2.24, 2.45) is 0 Å². The number of rotatable bonds is 6. The Labute approximate surface area is 125 Å². The van der Waals surface area contributed by atoms with Gasteiger partial charge in [0, 0.05) is 18.7 Å². The van der Waals surface area contributed by atoms with Crippen LogP contribution in [-0.2, 0) is 10.0 Å². The molecule has 0 atom stereocenters. The van der Waals surface area contributed by atoms with Crippen LogP contribution in [0.4, 0.5) is 5.69 Å². The molecule has 0 aromatic carbocycles. The number of thiophene rings is 1. The summed E-state index contributed by atoms with van der Waals surface area (Å²) in [5.41, 5.74) is -0.409. The molecule has 1 N–H and O–H groups in total. The molecule has 0 bridgehead atoms. The van der Waals surface area contributed by atoms with Gasteiger partial charge in [-0.05, 0) is 12.8 Å². The summed E-state index contributed by atoms with van der Waals surface area (Å²) in [5, 5.41) is 19.8. The summed E-state index contributed by atoms with van der Waals surface area (Å²) in [6, 6.07) is 0.831. The molecule has 0 unspecified atom stereocenters. The molecule has 0 spiro atoms. The summed E-state index contributed by atoms with van der Waals surface area (Å²) in [6.45, 7) is -0.312. The molecule has 7 nitrogen and oxygen atoms in total. The van der Waals surface area contributed by atoms with Gasteiger partial charge in [0.05, 0.1) is 11.5 Å². The van der Waals surface area contributed by atoms with Gasteiger partial charge in [0.1, 0.15) is 4.21 Å². The fourth-order valence-corrected chi connectivity index (χ4v) is 5.45. The summed E-state index contributed by atoms with van der Waals surface area (Å²) >= 11 is 6.37. The van der Waals surface area contributed by atoms with Gasteiger partial charge in [0.2, 0.25) is 0 Å². The third-order valence-corrected chi connectivity index (χ3v) is 6.95. The van der Waals surface area contributed by atoms with Gasteiger partial charge in [-0.15, -0.1) is 11.3 Å². The minimum atomic E-state index is -3.86. The second-order valence-electron chi connectivity index (χ2n) is 4.41. The van der Waals surface area contributed by atoms with Crippen molar-refractivity contribution in [3.05, 3.63) is 20.5 Å². The zero-order chi connectivity index (χ0) is 14.9. The quantitative estimate of drug-likeness (QED) is 0.629. The Morgan fingerprint density at radius 3 is 2.60 bits per heavy atom. The second-order valence-corrected chi connectivity index (χ2v) is 8.18. The van der Waals surface area contributed by atoms with Crippen LogP contribution in [0.3, 0.4) is 0 Å². The molecule has 0 saturated heterocycles. The van der Waals surface area contributed by atoms with E-state index in [0.29, 0.717) is 11.3 Å². The molecular weight excluding hydrogens is 328 g/mol. The van der Waals surface area contributed by atoms with Crippen molar-refractivity contribution in [1.82, 2.24) is 4.31 Å². The van der Waals surface area contributed by atoms with E-state index in [0.717, 1.165) is 25.3 Å². The van der Waals surface area contributed by atoms with Crippen LogP contribution < -0.4 is 0 Å². The van der Waals surface area contributed by atoms with E-state index >= 15 is 0 Å². The van der Waals surface area contributed by atoms with Gasteiger partial charge in [-0.3, -0.25) is 10.1 Å². The predicted molar refractivity (Wildman–Crippen MR) is 74.6 cm³/mol. The standard InChI is InChI=1S/C10H13ClN2O5S2/c11-10-8(13(15)16)6-9(19-10)20(17,18)12(4-5-14)7-2-1-3-7/h6-7,14H,1-5H2. The van der Waals surface area contributed by atoms with E-state index in [9.17, 15) is 18.5 Å². The summed E-state index contributed by atoms with van der Waals surface area (Å²) in [7, 11) is -3.86.